The van der Waals surface area contributed by atoms with Gasteiger partial charge in [0.05, 0.1) is 0 Å². The summed E-state index contributed by atoms with van der Waals surface area (Å²) in [6, 6.07) is 23.5. The second-order valence-corrected chi connectivity index (χ2v) is 6.83. The van der Waals surface area contributed by atoms with Crippen molar-refractivity contribution in [2.75, 3.05) is 0 Å². The molecule has 0 amide bonds. The molecule has 25 heavy (non-hydrogen) atoms. The molecule has 0 nitrogen and oxygen atoms in total. The molecule has 0 radical (unpaired) electrons. The van der Waals surface area contributed by atoms with E-state index in [0.717, 1.165) is 15.6 Å². The highest BCUT2D eigenvalue weighted by atomic mass is 79.9. The molecule has 120 valence electrons. The Morgan fingerprint density at radius 3 is 2.04 bits per heavy atom. The minimum absolute atomic E-state index is 1.07. The summed E-state index contributed by atoms with van der Waals surface area (Å²) >= 11 is 3.76. The van der Waals surface area contributed by atoms with Crippen molar-refractivity contribution in [2.45, 2.75) is 0 Å². The van der Waals surface area contributed by atoms with Gasteiger partial charge >= 0.3 is 0 Å². The summed E-state index contributed by atoms with van der Waals surface area (Å²) in [7, 11) is 0. The van der Waals surface area contributed by atoms with Crippen molar-refractivity contribution in [3.63, 3.8) is 0 Å². The lowest BCUT2D eigenvalue weighted by molar-refractivity contribution is 1.59. The fraction of sp³-hybridized carbons (Fsp3) is 0. The van der Waals surface area contributed by atoms with Gasteiger partial charge in [-0.05, 0) is 65.8 Å². The minimum Gasteiger partial charge on any atom is -0.0984 e. The van der Waals surface area contributed by atoms with E-state index in [4.69, 9.17) is 0 Å². The van der Waals surface area contributed by atoms with Crippen LogP contribution < -0.4 is 0 Å². The zero-order chi connectivity index (χ0) is 17.4. The van der Waals surface area contributed by atoms with Crippen LogP contribution >= 0.6 is 15.9 Å². The highest BCUT2D eigenvalue weighted by Gasteiger charge is 2.16. The summed E-state index contributed by atoms with van der Waals surface area (Å²) in [5.74, 6) is 0. The van der Waals surface area contributed by atoms with Crippen LogP contribution in [0, 0.1) is 0 Å². The minimum atomic E-state index is 1.07. The van der Waals surface area contributed by atoms with E-state index in [0.29, 0.717) is 0 Å². The molecule has 4 aromatic rings. The topological polar surface area (TPSA) is 0 Å². The van der Waals surface area contributed by atoms with E-state index < -0.39 is 0 Å². The van der Waals surface area contributed by atoms with Gasteiger partial charge in [0.2, 0.25) is 0 Å². The first-order valence-electron chi connectivity index (χ1n) is 8.23. The largest absolute Gasteiger partial charge is 0.0984 e. The predicted molar refractivity (Wildman–Crippen MR) is 115 cm³/mol. The summed E-state index contributed by atoms with van der Waals surface area (Å²) in [6.07, 6.45) is 3.83. The summed E-state index contributed by atoms with van der Waals surface area (Å²) in [5.41, 5.74) is 4.59. The van der Waals surface area contributed by atoms with Gasteiger partial charge in [0, 0.05) is 4.47 Å². The quantitative estimate of drug-likeness (QED) is 0.339. The lowest BCUT2D eigenvalue weighted by Crippen LogP contribution is -1.93. The van der Waals surface area contributed by atoms with E-state index >= 15 is 0 Å². The zero-order valence-corrected chi connectivity index (χ0v) is 15.4. The molecule has 1 heteroatoms. The Hall–Kier alpha value is -2.64. The fourth-order valence-corrected chi connectivity index (χ4v) is 4.22. The monoisotopic (exact) mass is 384 g/mol. The van der Waals surface area contributed by atoms with Gasteiger partial charge in [0.1, 0.15) is 0 Å². The van der Waals surface area contributed by atoms with Crippen molar-refractivity contribution in [2.24, 2.45) is 0 Å². The third-order valence-corrected chi connectivity index (χ3v) is 5.53. The Balaban J connectivity index is 2.16. The van der Waals surface area contributed by atoms with Crippen LogP contribution in [0.25, 0.3) is 44.8 Å². The van der Waals surface area contributed by atoms with Gasteiger partial charge in [-0.1, -0.05) is 86.0 Å². The van der Waals surface area contributed by atoms with Crippen LogP contribution in [0.15, 0.2) is 84.4 Å². The van der Waals surface area contributed by atoms with Crippen LogP contribution in [0.3, 0.4) is 0 Å². The van der Waals surface area contributed by atoms with E-state index in [1.165, 1.54) is 32.7 Å². The van der Waals surface area contributed by atoms with Crippen LogP contribution in [0.4, 0.5) is 0 Å². The maximum atomic E-state index is 4.07. The standard InChI is InChI=1S/C24H17Br/c1-3-19-20(4-2)24(25)22-12-8-7-11-21(22)23(19)18-14-13-16-9-5-6-10-17(16)15-18/h3-15H,1-2H2. The SMILES string of the molecule is C=Cc1c(C=C)c(-c2ccc3ccccc3c2)c2ccccc2c1Br. The third kappa shape index (κ3) is 2.52. The summed E-state index contributed by atoms with van der Waals surface area (Å²) in [5, 5.41) is 4.88. The van der Waals surface area contributed by atoms with Gasteiger partial charge < -0.3 is 0 Å². The van der Waals surface area contributed by atoms with Crippen LogP contribution in [-0.2, 0) is 0 Å². The summed E-state index contributed by atoms with van der Waals surface area (Å²) < 4.78 is 1.07. The summed E-state index contributed by atoms with van der Waals surface area (Å²) in [6.45, 7) is 8.08. The second-order valence-electron chi connectivity index (χ2n) is 6.03. The molecule has 0 aliphatic heterocycles. The molecular weight excluding hydrogens is 368 g/mol. The number of rotatable bonds is 3. The molecule has 0 aromatic heterocycles. The number of benzene rings is 4. The van der Waals surface area contributed by atoms with Crippen LogP contribution in [0.5, 0.6) is 0 Å². The Kier molecular flexibility index (Phi) is 4.03. The second kappa shape index (κ2) is 6.34. The molecule has 0 spiro atoms. The van der Waals surface area contributed by atoms with E-state index in [1.54, 1.807) is 0 Å². The van der Waals surface area contributed by atoms with Gasteiger partial charge in [-0.2, -0.15) is 0 Å². The first kappa shape index (κ1) is 15.9. The zero-order valence-electron chi connectivity index (χ0n) is 13.8. The van der Waals surface area contributed by atoms with Gasteiger partial charge in [-0.25, -0.2) is 0 Å². The molecule has 0 N–H and O–H groups in total. The van der Waals surface area contributed by atoms with Crippen molar-refractivity contribution in [1.29, 1.82) is 0 Å². The maximum Gasteiger partial charge on any atom is 0.0332 e. The Labute approximate surface area is 156 Å². The highest BCUT2D eigenvalue weighted by molar-refractivity contribution is 9.10. The molecule has 4 rings (SSSR count). The molecule has 0 bridgehead atoms. The maximum absolute atomic E-state index is 4.07. The lowest BCUT2D eigenvalue weighted by atomic mass is 9.89. The third-order valence-electron chi connectivity index (χ3n) is 4.68. The number of halogens is 1. The van der Waals surface area contributed by atoms with E-state index in [-0.39, 0.29) is 0 Å². The summed E-state index contributed by atoms with van der Waals surface area (Å²) in [4.78, 5) is 0. The van der Waals surface area contributed by atoms with Crippen LogP contribution in [0.2, 0.25) is 0 Å². The van der Waals surface area contributed by atoms with E-state index in [1.807, 2.05) is 12.2 Å². The molecule has 0 atom stereocenters. The van der Waals surface area contributed by atoms with Crippen molar-refractivity contribution in [1.82, 2.24) is 0 Å². The van der Waals surface area contributed by atoms with Crippen molar-refractivity contribution >= 4 is 49.6 Å². The molecule has 0 aliphatic carbocycles. The van der Waals surface area contributed by atoms with E-state index in [9.17, 15) is 0 Å². The molecule has 0 unspecified atom stereocenters. The Bertz CT molecular complexity index is 1140. The highest BCUT2D eigenvalue weighted by Crippen LogP contribution is 2.41. The Morgan fingerprint density at radius 1 is 0.680 bits per heavy atom. The van der Waals surface area contributed by atoms with Crippen LogP contribution in [0.1, 0.15) is 11.1 Å². The molecule has 0 saturated heterocycles. The first-order valence-corrected chi connectivity index (χ1v) is 9.02. The molecule has 0 saturated carbocycles. The Morgan fingerprint density at radius 2 is 1.32 bits per heavy atom. The average molecular weight is 385 g/mol. The molecular formula is C24H17Br. The van der Waals surface area contributed by atoms with Crippen molar-refractivity contribution < 1.29 is 0 Å². The first-order chi connectivity index (χ1) is 12.2. The fourth-order valence-electron chi connectivity index (χ4n) is 3.50. The number of fused-ring (bicyclic) bond motifs is 2. The average Bonchev–Trinajstić information content (AvgIpc) is 2.67. The predicted octanol–water partition coefficient (Wildman–Crippen LogP) is 7.71. The van der Waals surface area contributed by atoms with Gasteiger partial charge in [0.15, 0.2) is 0 Å². The van der Waals surface area contributed by atoms with Gasteiger partial charge in [-0.15, -0.1) is 0 Å². The van der Waals surface area contributed by atoms with Gasteiger partial charge in [0.25, 0.3) is 0 Å². The number of hydrogen-bond acceptors (Lipinski definition) is 0. The van der Waals surface area contributed by atoms with Crippen LogP contribution in [-0.4, -0.2) is 0 Å². The lowest BCUT2D eigenvalue weighted by Gasteiger charge is -2.17. The van der Waals surface area contributed by atoms with Crippen molar-refractivity contribution in [3.8, 4) is 11.1 Å². The number of hydrogen-bond donors (Lipinski definition) is 0. The normalized spacial score (nSPS) is 10.9. The molecule has 4 aromatic carbocycles. The molecule has 0 heterocycles. The smallest absolute Gasteiger partial charge is 0.0332 e. The molecule has 0 aliphatic rings. The van der Waals surface area contributed by atoms with Crippen molar-refractivity contribution in [3.05, 3.63) is 95.5 Å². The molecule has 0 fully saturated rings. The van der Waals surface area contributed by atoms with Gasteiger partial charge in [-0.3, -0.25) is 0 Å². The van der Waals surface area contributed by atoms with E-state index in [2.05, 4.69) is 95.8 Å².